The Morgan fingerprint density at radius 3 is 2.52 bits per heavy atom. The van der Waals surface area contributed by atoms with E-state index in [0.29, 0.717) is 12.2 Å². The lowest BCUT2D eigenvalue weighted by molar-refractivity contribution is 0.104. The van der Waals surface area contributed by atoms with Gasteiger partial charge >= 0.3 is 0 Å². The second-order valence-corrected chi connectivity index (χ2v) is 4.90. The molecule has 1 saturated heterocycles. The van der Waals surface area contributed by atoms with Gasteiger partial charge in [0.2, 0.25) is 0 Å². The van der Waals surface area contributed by atoms with Crippen LogP contribution in [0.1, 0.15) is 15.9 Å². The van der Waals surface area contributed by atoms with Gasteiger partial charge in [0.25, 0.3) is 0 Å². The van der Waals surface area contributed by atoms with Crippen molar-refractivity contribution in [3.05, 3.63) is 71.8 Å². The number of benzene rings is 2. The molecule has 2 aromatic carbocycles. The highest BCUT2D eigenvalue weighted by molar-refractivity contribution is 6.06. The maximum absolute atomic E-state index is 11.9. The average Bonchev–Trinajstić information content (AvgIpc) is 3.37. The van der Waals surface area contributed by atoms with E-state index >= 15 is 0 Å². The van der Waals surface area contributed by atoms with Crippen LogP contribution in [-0.4, -0.2) is 25.1 Å². The van der Waals surface area contributed by atoms with Crippen LogP contribution in [0.3, 0.4) is 0 Å². The summed E-state index contributed by atoms with van der Waals surface area (Å²) in [5, 5.41) is 0. The lowest BCUT2D eigenvalue weighted by Gasteiger charge is -2.03. The monoisotopic (exact) mass is 280 g/mol. The molecule has 1 fully saturated rings. The molecule has 21 heavy (non-hydrogen) atoms. The van der Waals surface area contributed by atoms with Crippen LogP contribution in [0.2, 0.25) is 0 Å². The number of rotatable bonds is 6. The second-order valence-electron chi connectivity index (χ2n) is 4.90. The van der Waals surface area contributed by atoms with Crippen molar-refractivity contribution in [2.24, 2.45) is 0 Å². The van der Waals surface area contributed by atoms with Gasteiger partial charge in [-0.3, -0.25) is 4.79 Å². The van der Waals surface area contributed by atoms with Crippen LogP contribution >= 0.6 is 0 Å². The van der Waals surface area contributed by atoms with Crippen molar-refractivity contribution in [3.63, 3.8) is 0 Å². The summed E-state index contributed by atoms with van der Waals surface area (Å²) in [5.41, 5.74) is 1.66. The number of ether oxygens (including phenoxy) is 2. The summed E-state index contributed by atoms with van der Waals surface area (Å²) in [6.07, 6.45) is 3.65. The zero-order valence-electron chi connectivity index (χ0n) is 11.6. The summed E-state index contributed by atoms with van der Waals surface area (Å²) in [7, 11) is 0. The maximum Gasteiger partial charge on any atom is 0.185 e. The number of carbonyl (C=O) groups is 1. The molecule has 0 amide bonds. The minimum absolute atomic E-state index is 0.00167. The van der Waals surface area contributed by atoms with E-state index in [1.165, 1.54) is 0 Å². The summed E-state index contributed by atoms with van der Waals surface area (Å²) in [4.78, 5) is 11.9. The highest BCUT2D eigenvalue weighted by Gasteiger charge is 2.22. The standard InChI is InChI=1S/C18H16O3/c19-18(15-4-2-1-3-5-15)11-8-14-6-9-16(10-7-14)20-12-17-13-21-17/h1-11,17H,12-13H2. The fourth-order valence-electron chi connectivity index (χ4n) is 1.90. The maximum atomic E-state index is 11.9. The first-order chi connectivity index (χ1) is 10.3. The summed E-state index contributed by atoms with van der Waals surface area (Å²) in [6, 6.07) is 16.9. The molecule has 0 N–H and O–H groups in total. The minimum Gasteiger partial charge on any atom is -0.491 e. The lowest BCUT2D eigenvalue weighted by atomic mass is 10.1. The van der Waals surface area contributed by atoms with Crippen molar-refractivity contribution in [1.82, 2.24) is 0 Å². The fraction of sp³-hybridized carbons (Fsp3) is 0.167. The normalized spacial score (nSPS) is 16.9. The second kappa shape index (κ2) is 6.37. The van der Waals surface area contributed by atoms with Gasteiger partial charge in [0.05, 0.1) is 6.61 Å². The molecule has 1 aliphatic rings. The van der Waals surface area contributed by atoms with Gasteiger partial charge < -0.3 is 9.47 Å². The molecule has 0 aliphatic carbocycles. The summed E-state index contributed by atoms with van der Waals surface area (Å²) in [5.74, 6) is 0.818. The molecule has 3 rings (SSSR count). The summed E-state index contributed by atoms with van der Waals surface area (Å²) < 4.78 is 10.7. The number of hydrogen-bond donors (Lipinski definition) is 0. The topological polar surface area (TPSA) is 38.8 Å². The van der Waals surface area contributed by atoms with Gasteiger partial charge in [0, 0.05) is 5.56 Å². The average molecular weight is 280 g/mol. The fourth-order valence-corrected chi connectivity index (χ4v) is 1.90. The van der Waals surface area contributed by atoms with Gasteiger partial charge in [-0.1, -0.05) is 48.5 Å². The zero-order chi connectivity index (χ0) is 14.5. The molecule has 3 heteroatoms. The van der Waals surface area contributed by atoms with Crippen LogP contribution in [0.25, 0.3) is 6.08 Å². The van der Waals surface area contributed by atoms with Crippen LogP contribution in [0.15, 0.2) is 60.7 Å². The number of epoxide rings is 1. The molecule has 0 spiro atoms. The highest BCUT2D eigenvalue weighted by Crippen LogP contribution is 2.16. The van der Waals surface area contributed by atoms with Crippen LogP contribution < -0.4 is 4.74 Å². The molecular weight excluding hydrogens is 264 g/mol. The van der Waals surface area contributed by atoms with Gasteiger partial charge in [0.1, 0.15) is 18.5 Å². The van der Waals surface area contributed by atoms with E-state index in [-0.39, 0.29) is 11.9 Å². The predicted molar refractivity (Wildman–Crippen MR) is 81.5 cm³/mol. The Bertz CT molecular complexity index is 625. The third-order valence-electron chi connectivity index (χ3n) is 3.20. The molecular formula is C18H16O3. The minimum atomic E-state index is 0.00167. The van der Waals surface area contributed by atoms with Crippen LogP contribution in [0, 0.1) is 0 Å². The Morgan fingerprint density at radius 1 is 1.14 bits per heavy atom. The van der Waals surface area contributed by atoms with E-state index in [0.717, 1.165) is 17.9 Å². The van der Waals surface area contributed by atoms with Crippen molar-refractivity contribution in [1.29, 1.82) is 0 Å². The summed E-state index contributed by atoms with van der Waals surface area (Å²) in [6.45, 7) is 1.39. The molecule has 0 saturated carbocycles. The van der Waals surface area contributed by atoms with Gasteiger partial charge in [0.15, 0.2) is 5.78 Å². The van der Waals surface area contributed by atoms with E-state index in [1.54, 1.807) is 6.08 Å². The first-order valence-corrected chi connectivity index (χ1v) is 6.93. The van der Waals surface area contributed by atoms with Crippen molar-refractivity contribution >= 4 is 11.9 Å². The molecule has 0 bridgehead atoms. The Hall–Kier alpha value is -2.39. The Labute approximate surface area is 123 Å². The SMILES string of the molecule is O=C(C=Cc1ccc(OCC2CO2)cc1)c1ccccc1. The number of carbonyl (C=O) groups excluding carboxylic acids is 1. The first kappa shape index (κ1) is 13.6. The Balaban J connectivity index is 1.59. The molecule has 1 heterocycles. The first-order valence-electron chi connectivity index (χ1n) is 6.93. The molecule has 1 unspecified atom stereocenters. The molecule has 1 aliphatic heterocycles. The smallest absolute Gasteiger partial charge is 0.185 e. The van der Waals surface area contributed by atoms with Gasteiger partial charge in [-0.2, -0.15) is 0 Å². The van der Waals surface area contributed by atoms with Crippen LogP contribution in [-0.2, 0) is 4.74 Å². The molecule has 3 nitrogen and oxygen atoms in total. The predicted octanol–water partition coefficient (Wildman–Crippen LogP) is 3.36. The Morgan fingerprint density at radius 2 is 1.86 bits per heavy atom. The number of hydrogen-bond acceptors (Lipinski definition) is 3. The van der Waals surface area contributed by atoms with Crippen LogP contribution in [0.4, 0.5) is 0 Å². The zero-order valence-corrected chi connectivity index (χ0v) is 11.6. The van der Waals surface area contributed by atoms with Gasteiger partial charge in [-0.25, -0.2) is 0 Å². The number of ketones is 1. The van der Waals surface area contributed by atoms with Crippen molar-refractivity contribution in [3.8, 4) is 5.75 Å². The number of allylic oxidation sites excluding steroid dienone is 1. The molecule has 0 radical (unpaired) electrons. The van der Waals surface area contributed by atoms with Crippen molar-refractivity contribution in [2.45, 2.75) is 6.10 Å². The quantitative estimate of drug-likeness (QED) is 0.462. The molecule has 0 aromatic heterocycles. The highest BCUT2D eigenvalue weighted by atomic mass is 16.6. The van der Waals surface area contributed by atoms with E-state index in [2.05, 4.69) is 0 Å². The molecule has 1 atom stereocenters. The van der Waals surface area contributed by atoms with Crippen LogP contribution in [0.5, 0.6) is 5.75 Å². The van der Waals surface area contributed by atoms with E-state index in [9.17, 15) is 4.79 Å². The third kappa shape index (κ3) is 4.04. The van der Waals surface area contributed by atoms with E-state index in [1.807, 2.05) is 60.7 Å². The van der Waals surface area contributed by atoms with Crippen molar-refractivity contribution < 1.29 is 14.3 Å². The van der Waals surface area contributed by atoms with Gasteiger partial charge in [-0.05, 0) is 23.8 Å². The van der Waals surface area contributed by atoms with E-state index in [4.69, 9.17) is 9.47 Å². The Kier molecular flexibility index (Phi) is 4.12. The molecule has 106 valence electrons. The summed E-state index contributed by atoms with van der Waals surface area (Å²) >= 11 is 0. The third-order valence-corrected chi connectivity index (χ3v) is 3.20. The lowest BCUT2D eigenvalue weighted by Crippen LogP contribution is -2.03. The largest absolute Gasteiger partial charge is 0.491 e. The van der Waals surface area contributed by atoms with E-state index < -0.39 is 0 Å². The van der Waals surface area contributed by atoms with Gasteiger partial charge in [-0.15, -0.1) is 0 Å². The molecule has 2 aromatic rings. The van der Waals surface area contributed by atoms with Crippen molar-refractivity contribution in [2.75, 3.05) is 13.2 Å².